The molecule has 1 aromatic carbocycles. The van der Waals surface area contributed by atoms with Crippen molar-refractivity contribution in [2.24, 2.45) is 5.92 Å². The lowest BCUT2D eigenvalue weighted by Gasteiger charge is -2.30. The van der Waals surface area contributed by atoms with E-state index < -0.39 is 5.54 Å². The summed E-state index contributed by atoms with van der Waals surface area (Å²) < 4.78 is 5.24. The van der Waals surface area contributed by atoms with Gasteiger partial charge in [-0.1, -0.05) is 6.07 Å². The average Bonchev–Trinajstić information content (AvgIpc) is 3.28. The molecule has 0 spiro atoms. The third kappa shape index (κ3) is 3.68. The number of rotatable bonds is 7. The van der Waals surface area contributed by atoms with Crippen molar-refractivity contribution < 1.29 is 4.74 Å². The molecule has 0 aromatic heterocycles. The Balaban J connectivity index is 2.06. The van der Waals surface area contributed by atoms with Crippen molar-refractivity contribution in [3.8, 4) is 11.8 Å². The van der Waals surface area contributed by atoms with Crippen LogP contribution in [0.25, 0.3) is 0 Å². The fourth-order valence-corrected chi connectivity index (χ4v) is 3.56. The summed E-state index contributed by atoms with van der Waals surface area (Å²) in [6, 6.07) is 10.9. The Morgan fingerprint density at radius 1 is 1.50 bits per heavy atom. The maximum absolute atomic E-state index is 9.66. The van der Waals surface area contributed by atoms with E-state index in [-0.39, 0.29) is 0 Å². The third-order valence-corrected chi connectivity index (χ3v) is 4.71. The second-order valence-electron chi connectivity index (χ2n) is 5.62. The number of ether oxygens (including phenoxy) is 1. The first kappa shape index (κ1) is 15.2. The van der Waals surface area contributed by atoms with E-state index in [1.54, 1.807) is 18.9 Å². The zero-order valence-electron chi connectivity index (χ0n) is 12.3. The molecule has 1 atom stereocenters. The highest BCUT2D eigenvalue weighted by molar-refractivity contribution is 7.99. The van der Waals surface area contributed by atoms with Gasteiger partial charge in [0.1, 0.15) is 11.3 Å². The van der Waals surface area contributed by atoms with Gasteiger partial charge in [-0.15, -0.1) is 11.8 Å². The lowest BCUT2D eigenvalue weighted by Crippen LogP contribution is -2.51. The Morgan fingerprint density at radius 2 is 2.25 bits per heavy atom. The largest absolute Gasteiger partial charge is 0.497 e. The lowest BCUT2D eigenvalue weighted by molar-refractivity contribution is 0.370. The Kier molecular flexibility index (Phi) is 4.95. The van der Waals surface area contributed by atoms with Crippen molar-refractivity contribution in [3.05, 3.63) is 24.3 Å². The van der Waals surface area contributed by atoms with E-state index in [1.165, 1.54) is 0 Å². The Hall–Kier alpha value is -1.18. The molecule has 0 amide bonds. The highest BCUT2D eigenvalue weighted by Gasteiger charge is 2.45. The van der Waals surface area contributed by atoms with Crippen LogP contribution in [0.2, 0.25) is 0 Å². The second-order valence-corrected chi connectivity index (χ2v) is 6.67. The van der Waals surface area contributed by atoms with Crippen LogP contribution in [-0.4, -0.2) is 24.4 Å². The molecule has 0 saturated heterocycles. The zero-order chi connectivity index (χ0) is 14.6. The van der Waals surface area contributed by atoms with Crippen LogP contribution in [0.5, 0.6) is 5.75 Å². The first-order valence-corrected chi connectivity index (χ1v) is 8.04. The summed E-state index contributed by atoms with van der Waals surface area (Å²) in [5.41, 5.74) is -0.401. The smallest absolute Gasteiger partial charge is 0.119 e. The normalized spacial score (nSPS) is 17.6. The standard InChI is InChI=1S/C16H22N2OS/c1-12(2)18-16(10-17,13-7-8-13)11-20-15-6-4-5-14(9-15)19-3/h4-6,9,12-13,18H,7-8,11H2,1-3H3. The lowest BCUT2D eigenvalue weighted by atomic mass is 9.96. The number of benzene rings is 1. The minimum absolute atomic E-state index is 0.321. The van der Waals surface area contributed by atoms with E-state index in [9.17, 15) is 5.26 Å². The maximum Gasteiger partial charge on any atom is 0.119 e. The number of methoxy groups -OCH3 is 1. The first-order chi connectivity index (χ1) is 9.59. The summed E-state index contributed by atoms with van der Waals surface area (Å²) in [7, 11) is 1.67. The van der Waals surface area contributed by atoms with Crippen LogP contribution in [0, 0.1) is 17.2 Å². The van der Waals surface area contributed by atoms with E-state index in [0.29, 0.717) is 12.0 Å². The molecule has 1 unspecified atom stereocenters. The van der Waals surface area contributed by atoms with E-state index in [2.05, 4.69) is 31.3 Å². The molecule has 0 bridgehead atoms. The van der Waals surface area contributed by atoms with Crippen molar-refractivity contribution in [3.63, 3.8) is 0 Å². The van der Waals surface area contributed by atoms with Crippen molar-refractivity contribution >= 4 is 11.8 Å². The van der Waals surface area contributed by atoms with E-state index in [1.807, 2.05) is 18.2 Å². The van der Waals surface area contributed by atoms with Crippen LogP contribution in [0.1, 0.15) is 26.7 Å². The highest BCUT2D eigenvalue weighted by atomic mass is 32.2. The molecule has 0 heterocycles. The number of hydrogen-bond acceptors (Lipinski definition) is 4. The van der Waals surface area contributed by atoms with Crippen LogP contribution in [-0.2, 0) is 0 Å². The summed E-state index contributed by atoms with van der Waals surface area (Å²) in [5.74, 6) is 2.13. The van der Waals surface area contributed by atoms with Gasteiger partial charge >= 0.3 is 0 Å². The summed E-state index contributed by atoms with van der Waals surface area (Å²) >= 11 is 1.73. The van der Waals surface area contributed by atoms with Gasteiger partial charge < -0.3 is 4.74 Å². The van der Waals surface area contributed by atoms with Crippen molar-refractivity contribution in [1.29, 1.82) is 5.26 Å². The molecular weight excluding hydrogens is 268 g/mol. The van der Waals surface area contributed by atoms with E-state index >= 15 is 0 Å². The van der Waals surface area contributed by atoms with Gasteiger partial charge in [0.15, 0.2) is 0 Å². The molecule has 2 rings (SSSR count). The predicted molar refractivity (Wildman–Crippen MR) is 83.1 cm³/mol. The topological polar surface area (TPSA) is 45.0 Å². The minimum atomic E-state index is -0.401. The van der Waals surface area contributed by atoms with Crippen LogP contribution in [0.3, 0.4) is 0 Å². The van der Waals surface area contributed by atoms with Gasteiger partial charge in [0.2, 0.25) is 0 Å². The average molecular weight is 290 g/mol. The number of thioether (sulfide) groups is 1. The minimum Gasteiger partial charge on any atom is -0.497 e. The van der Waals surface area contributed by atoms with Gasteiger partial charge in [0.05, 0.1) is 13.2 Å². The monoisotopic (exact) mass is 290 g/mol. The van der Waals surface area contributed by atoms with E-state index in [4.69, 9.17) is 4.74 Å². The molecule has 1 aliphatic rings. The number of nitrogens with zero attached hydrogens (tertiary/aromatic N) is 1. The summed E-state index contributed by atoms with van der Waals surface area (Å²) in [4.78, 5) is 1.15. The van der Waals surface area contributed by atoms with Gasteiger partial charge in [-0.25, -0.2) is 0 Å². The highest BCUT2D eigenvalue weighted by Crippen LogP contribution is 2.42. The van der Waals surface area contributed by atoms with Crippen LogP contribution >= 0.6 is 11.8 Å². The quantitative estimate of drug-likeness (QED) is 0.781. The molecule has 1 saturated carbocycles. The molecule has 1 fully saturated rings. The van der Waals surface area contributed by atoms with Crippen molar-refractivity contribution in [1.82, 2.24) is 5.32 Å². The van der Waals surface area contributed by atoms with Crippen molar-refractivity contribution in [2.75, 3.05) is 12.9 Å². The number of nitriles is 1. The molecule has 108 valence electrons. The third-order valence-electron chi connectivity index (χ3n) is 3.53. The van der Waals surface area contributed by atoms with Gasteiger partial charge in [-0.2, -0.15) is 5.26 Å². The maximum atomic E-state index is 9.66. The van der Waals surface area contributed by atoms with Gasteiger partial charge in [-0.3, -0.25) is 5.32 Å². The Bertz CT molecular complexity index is 493. The zero-order valence-corrected chi connectivity index (χ0v) is 13.2. The van der Waals surface area contributed by atoms with Gasteiger partial charge in [0, 0.05) is 16.7 Å². The fourth-order valence-electron chi connectivity index (χ4n) is 2.41. The van der Waals surface area contributed by atoms with Crippen LogP contribution in [0.4, 0.5) is 0 Å². The van der Waals surface area contributed by atoms with Crippen LogP contribution < -0.4 is 10.1 Å². The Morgan fingerprint density at radius 3 is 2.80 bits per heavy atom. The second kappa shape index (κ2) is 6.51. The fraction of sp³-hybridized carbons (Fsp3) is 0.562. The van der Waals surface area contributed by atoms with Crippen molar-refractivity contribution in [2.45, 2.75) is 43.2 Å². The first-order valence-electron chi connectivity index (χ1n) is 7.05. The SMILES string of the molecule is COc1cccc(SCC(C#N)(NC(C)C)C2CC2)c1. The molecule has 0 radical (unpaired) electrons. The molecule has 1 N–H and O–H groups in total. The van der Waals surface area contributed by atoms with Gasteiger partial charge in [-0.05, 0) is 50.8 Å². The summed E-state index contributed by atoms with van der Waals surface area (Å²) in [6.07, 6.45) is 2.32. The van der Waals surface area contributed by atoms with Gasteiger partial charge in [0.25, 0.3) is 0 Å². The molecule has 4 heteroatoms. The Labute approximate surface area is 125 Å². The molecular formula is C16H22N2OS. The summed E-state index contributed by atoms with van der Waals surface area (Å²) in [6.45, 7) is 4.20. The number of nitrogens with one attached hydrogen (secondary N) is 1. The summed E-state index contributed by atoms with van der Waals surface area (Å²) in [5, 5.41) is 13.2. The number of hydrogen-bond donors (Lipinski definition) is 1. The molecule has 20 heavy (non-hydrogen) atoms. The molecule has 1 aromatic rings. The molecule has 3 nitrogen and oxygen atoms in total. The molecule has 0 aliphatic heterocycles. The van der Waals surface area contributed by atoms with Crippen LogP contribution in [0.15, 0.2) is 29.2 Å². The van der Waals surface area contributed by atoms with E-state index in [0.717, 1.165) is 29.2 Å². The molecule has 1 aliphatic carbocycles. The predicted octanol–water partition coefficient (Wildman–Crippen LogP) is 3.46.